The first-order valence-electron chi connectivity index (χ1n) is 5.78. The van der Waals surface area contributed by atoms with E-state index >= 15 is 0 Å². The van der Waals surface area contributed by atoms with Gasteiger partial charge in [-0.2, -0.15) is 5.10 Å². The maximum absolute atomic E-state index is 11.4. The average molecular weight is 305 g/mol. The van der Waals surface area contributed by atoms with Gasteiger partial charge in [0.05, 0.1) is 10.6 Å². The summed E-state index contributed by atoms with van der Waals surface area (Å²) in [5, 5.41) is 16.1. The van der Waals surface area contributed by atoms with Crippen LogP contribution in [-0.2, 0) is 0 Å². The number of thiophene rings is 1. The first-order chi connectivity index (χ1) is 9.65. The summed E-state index contributed by atoms with van der Waals surface area (Å²) in [6.07, 6.45) is 1.50. The van der Waals surface area contributed by atoms with E-state index in [2.05, 4.69) is 5.10 Å². The second kappa shape index (κ2) is 5.11. The highest BCUT2D eigenvalue weighted by Crippen LogP contribution is 2.28. The molecule has 0 aliphatic rings. The molecule has 100 valence electrons. The van der Waals surface area contributed by atoms with Gasteiger partial charge in [0.2, 0.25) is 0 Å². The minimum Gasteiger partial charge on any atom is -0.478 e. The first-order valence-corrected chi connectivity index (χ1v) is 7.03. The number of carboxylic acid groups (broad SMARTS) is 1. The van der Waals surface area contributed by atoms with Crippen molar-refractivity contribution in [3.63, 3.8) is 0 Å². The number of halogens is 1. The van der Waals surface area contributed by atoms with Crippen LogP contribution in [0.2, 0.25) is 5.02 Å². The highest BCUT2D eigenvalue weighted by molar-refractivity contribution is 7.13. The molecule has 0 bridgehead atoms. The summed E-state index contributed by atoms with van der Waals surface area (Å²) in [7, 11) is 0. The Morgan fingerprint density at radius 2 is 2.15 bits per heavy atom. The second-order valence-electron chi connectivity index (χ2n) is 4.10. The second-order valence-corrected chi connectivity index (χ2v) is 5.48. The van der Waals surface area contributed by atoms with Crippen LogP contribution in [0.4, 0.5) is 0 Å². The SMILES string of the molecule is O=C(O)c1cn(-c2cccc(Cl)c2)nc1-c1cccs1. The first kappa shape index (κ1) is 12.9. The van der Waals surface area contributed by atoms with Crippen LogP contribution >= 0.6 is 22.9 Å². The number of aromatic carboxylic acids is 1. The number of aromatic nitrogens is 2. The topological polar surface area (TPSA) is 55.1 Å². The van der Waals surface area contributed by atoms with Crippen LogP contribution in [0.3, 0.4) is 0 Å². The summed E-state index contributed by atoms with van der Waals surface area (Å²) in [5.74, 6) is -0.998. The van der Waals surface area contributed by atoms with Gasteiger partial charge < -0.3 is 5.11 Å². The summed E-state index contributed by atoms with van der Waals surface area (Å²) in [4.78, 5) is 12.2. The summed E-state index contributed by atoms with van der Waals surface area (Å²) < 4.78 is 1.53. The molecular formula is C14H9ClN2O2S. The van der Waals surface area contributed by atoms with Crippen LogP contribution in [0.5, 0.6) is 0 Å². The molecule has 0 aliphatic heterocycles. The molecule has 0 amide bonds. The van der Waals surface area contributed by atoms with Crippen LogP contribution in [0.15, 0.2) is 48.0 Å². The van der Waals surface area contributed by atoms with Crippen molar-refractivity contribution in [1.82, 2.24) is 9.78 Å². The Balaban J connectivity index is 2.15. The van der Waals surface area contributed by atoms with Gasteiger partial charge in [0.1, 0.15) is 11.3 Å². The van der Waals surface area contributed by atoms with E-state index in [0.717, 1.165) is 10.6 Å². The molecule has 4 nitrogen and oxygen atoms in total. The molecule has 0 unspecified atom stereocenters. The van der Waals surface area contributed by atoms with E-state index in [4.69, 9.17) is 11.6 Å². The molecule has 20 heavy (non-hydrogen) atoms. The molecule has 2 heterocycles. The summed E-state index contributed by atoms with van der Waals surface area (Å²) in [5.41, 5.74) is 1.36. The smallest absolute Gasteiger partial charge is 0.339 e. The number of hydrogen-bond acceptors (Lipinski definition) is 3. The molecule has 3 rings (SSSR count). The van der Waals surface area contributed by atoms with Gasteiger partial charge in [0, 0.05) is 11.2 Å². The molecule has 6 heteroatoms. The predicted molar refractivity (Wildman–Crippen MR) is 78.8 cm³/mol. The number of carbonyl (C=O) groups is 1. The van der Waals surface area contributed by atoms with Gasteiger partial charge in [0.15, 0.2) is 0 Å². The zero-order valence-corrected chi connectivity index (χ0v) is 11.7. The van der Waals surface area contributed by atoms with Gasteiger partial charge in [-0.15, -0.1) is 11.3 Å². The Hall–Kier alpha value is -2.11. The van der Waals surface area contributed by atoms with Gasteiger partial charge in [-0.1, -0.05) is 23.7 Å². The molecule has 0 saturated carbocycles. The van der Waals surface area contributed by atoms with Crippen molar-refractivity contribution in [3.8, 4) is 16.3 Å². The highest BCUT2D eigenvalue weighted by Gasteiger charge is 2.18. The molecular weight excluding hydrogens is 296 g/mol. The number of nitrogens with zero attached hydrogens (tertiary/aromatic N) is 2. The monoisotopic (exact) mass is 304 g/mol. The maximum atomic E-state index is 11.4. The van der Waals surface area contributed by atoms with E-state index in [9.17, 15) is 9.90 Å². The van der Waals surface area contributed by atoms with Crippen molar-refractivity contribution in [2.24, 2.45) is 0 Å². The van der Waals surface area contributed by atoms with E-state index in [-0.39, 0.29) is 5.56 Å². The van der Waals surface area contributed by atoms with Crippen LogP contribution < -0.4 is 0 Å². The van der Waals surface area contributed by atoms with Gasteiger partial charge in [-0.25, -0.2) is 9.48 Å². The molecule has 2 aromatic heterocycles. The fraction of sp³-hybridized carbons (Fsp3) is 0. The number of carboxylic acids is 1. The lowest BCUT2D eigenvalue weighted by molar-refractivity contribution is 0.0697. The van der Waals surface area contributed by atoms with Gasteiger partial charge >= 0.3 is 5.97 Å². The van der Waals surface area contributed by atoms with Crippen LogP contribution in [0.1, 0.15) is 10.4 Å². The van der Waals surface area contributed by atoms with Crippen molar-refractivity contribution >= 4 is 28.9 Å². The fourth-order valence-electron chi connectivity index (χ4n) is 1.88. The Morgan fingerprint density at radius 1 is 1.30 bits per heavy atom. The van der Waals surface area contributed by atoms with Crippen LogP contribution in [0.25, 0.3) is 16.3 Å². The van der Waals surface area contributed by atoms with Crippen molar-refractivity contribution in [2.75, 3.05) is 0 Å². The summed E-state index contributed by atoms with van der Waals surface area (Å²) >= 11 is 7.40. The molecule has 0 aliphatic carbocycles. The highest BCUT2D eigenvalue weighted by atomic mass is 35.5. The van der Waals surface area contributed by atoms with Crippen molar-refractivity contribution in [2.45, 2.75) is 0 Å². The lowest BCUT2D eigenvalue weighted by Crippen LogP contribution is -1.96. The molecule has 0 saturated heterocycles. The molecule has 0 atom stereocenters. The summed E-state index contributed by atoms with van der Waals surface area (Å²) in [6.45, 7) is 0. The number of benzene rings is 1. The van der Waals surface area contributed by atoms with Crippen molar-refractivity contribution in [3.05, 3.63) is 58.6 Å². The maximum Gasteiger partial charge on any atom is 0.339 e. The minimum absolute atomic E-state index is 0.174. The number of hydrogen-bond donors (Lipinski definition) is 1. The largest absolute Gasteiger partial charge is 0.478 e. The standard InChI is InChI=1S/C14H9ClN2O2S/c15-9-3-1-4-10(7-9)17-8-11(14(18)19)13(16-17)12-5-2-6-20-12/h1-8H,(H,18,19). The third-order valence-electron chi connectivity index (χ3n) is 2.77. The Labute approximate surface area is 123 Å². The Kier molecular flexibility index (Phi) is 3.30. The zero-order chi connectivity index (χ0) is 14.1. The van der Waals surface area contributed by atoms with E-state index in [0.29, 0.717) is 10.7 Å². The van der Waals surface area contributed by atoms with Gasteiger partial charge in [-0.05, 0) is 29.6 Å². The summed E-state index contributed by atoms with van der Waals surface area (Å²) in [6, 6.07) is 10.8. The molecule has 1 aromatic carbocycles. The molecule has 0 spiro atoms. The fourth-order valence-corrected chi connectivity index (χ4v) is 2.78. The third kappa shape index (κ3) is 2.33. The molecule has 0 fully saturated rings. The van der Waals surface area contributed by atoms with Crippen LogP contribution in [-0.4, -0.2) is 20.9 Å². The normalized spacial score (nSPS) is 10.7. The average Bonchev–Trinajstić information content (AvgIpc) is 3.08. The van der Waals surface area contributed by atoms with E-state index in [1.807, 2.05) is 23.6 Å². The van der Waals surface area contributed by atoms with E-state index in [1.54, 1.807) is 18.2 Å². The van der Waals surface area contributed by atoms with Gasteiger partial charge in [-0.3, -0.25) is 0 Å². The van der Waals surface area contributed by atoms with Crippen LogP contribution in [0, 0.1) is 0 Å². The van der Waals surface area contributed by atoms with Gasteiger partial charge in [0.25, 0.3) is 0 Å². The van der Waals surface area contributed by atoms with Crippen molar-refractivity contribution in [1.29, 1.82) is 0 Å². The number of rotatable bonds is 3. The zero-order valence-electron chi connectivity index (χ0n) is 10.2. The Morgan fingerprint density at radius 3 is 2.80 bits per heavy atom. The van der Waals surface area contributed by atoms with E-state index < -0.39 is 5.97 Å². The third-order valence-corrected chi connectivity index (χ3v) is 3.88. The quantitative estimate of drug-likeness (QED) is 0.797. The van der Waals surface area contributed by atoms with Crippen molar-refractivity contribution < 1.29 is 9.90 Å². The Bertz CT molecular complexity index is 765. The molecule has 1 N–H and O–H groups in total. The van der Waals surface area contributed by atoms with E-state index in [1.165, 1.54) is 22.2 Å². The molecule has 0 radical (unpaired) electrons. The lowest BCUT2D eigenvalue weighted by Gasteiger charge is -2.00. The molecule has 3 aromatic rings. The lowest BCUT2D eigenvalue weighted by atomic mass is 10.2. The minimum atomic E-state index is -0.998. The predicted octanol–water partition coefficient (Wildman–Crippen LogP) is 3.95.